The number of carbonyl (C=O) groups excluding carboxylic acids is 1. The van der Waals surface area contributed by atoms with Crippen LogP contribution in [-0.4, -0.2) is 40.2 Å². The maximum Gasteiger partial charge on any atom is 0.239 e. The molecule has 7 rings (SSSR count). The van der Waals surface area contributed by atoms with Crippen molar-refractivity contribution in [3.8, 4) is 0 Å². The summed E-state index contributed by atoms with van der Waals surface area (Å²) in [5.41, 5.74) is 1.90. The molecular weight excluding hydrogens is 487 g/mol. The maximum absolute atomic E-state index is 14.5. The van der Waals surface area contributed by atoms with E-state index in [-0.39, 0.29) is 34.5 Å². The molecule has 37 heavy (non-hydrogen) atoms. The average molecular weight is 527 g/mol. The van der Waals surface area contributed by atoms with E-state index in [1.54, 1.807) is 6.07 Å². The molecule has 3 atom stereocenters. The van der Waals surface area contributed by atoms with Gasteiger partial charge in [0.05, 0.1) is 22.3 Å². The van der Waals surface area contributed by atoms with E-state index in [0.29, 0.717) is 11.8 Å². The molecule has 200 valence electrons. The summed E-state index contributed by atoms with van der Waals surface area (Å²) in [6.45, 7) is 7.22. The second-order valence-electron chi connectivity index (χ2n) is 13.7. The van der Waals surface area contributed by atoms with Gasteiger partial charge in [0.2, 0.25) is 5.91 Å². The van der Waals surface area contributed by atoms with Gasteiger partial charge in [-0.3, -0.25) is 14.8 Å². The molecule has 5 fully saturated rings. The van der Waals surface area contributed by atoms with Crippen molar-refractivity contribution in [2.24, 2.45) is 23.2 Å². The number of rotatable bonds is 5. The minimum atomic E-state index is -0.436. The molecular formula is C30H40ClFN4O. The summed E-state index contributed by atoms with van der Waals surface area (Å²) in [5.74, 6) is 2.27. The number of nitrogens with one attached hydrogen (secondary N) is 1. The van der Waals surface area contributed by atoms with Crippen molar-refractivity contribution in [1.82, 2.24) is 20.0 Å². The second-order valence-corrected chi connectivity index (χ2v) is 14.1. The van der Waals surface area contributed by atoms with E-state index in [9.17, 15) is 9.18 Å². The standard InChI is InChI=1S/C30H40ClFN4O/c1-29(2,3)36-8-7-25(34-36)22-13-26(33-27(22)21-5-6-23(31)24(32)12-21)28(37)35(4)17-30-14-18-9-19(15-30)11-20(10-18)16-30/h5-8,12,18-20,22,26-27,33H,9-11,13-17H2,1-4H3/t18?,19?,20?,22-,26+,27+,30?/m1/s1. The molecule has 0 radical (unpaired) electrons. The van der Waals surface area contributed by atoms with E-state index >= 15 is 0 Å². The number of amides is 1. The van der Waals surface area contributed by atoms with Gasteiger partial charge in [0, 0.05) is 31.7 Å². The first-order valence-electron chi connectivity index (χ1n) is 14.0. The van der Waals surface area contributed by atoms with Crippen LogP contribution in [0.2, 0.25) is 5.02 Å². The summed E-state index contributed by atoms with van der Waals surface area (Å²) >= 11 is 5.99. The van der Waals surface area contributed by atoms with Crippen molar-refractivity contribution in [2.75, 3.05) is 13.6 Å². The first kappa shape index (κ1) is 25.4. The highest BCUT2D eigenvalue weighted by Gasteiger charge is 2.52. The first-order valence-corrected chi connectivity index (χ1v) is 14.4. The number of likely N-dealkylation sites (N-methyl/N-ethyl adjacent to an activating group) is 1. The third-order valence-electron chi connectivity index (χ3n) is 9.66. The zero-order valence-corrected chi connectivity index (χ0v) is 23.3. The van der Waals surface area contributed by atoms with Gasteiger partial charge < -0.3 is 4.90 Å². The molecule has 0 unspecified atom stereocenters. The predicted molar refractivity (Wildman–Crippen MR) is 144 cm³/mol. The van der Waals surface area contributed by atoms with Crippen molar-refractivity contribution in [3.63, 3.8) is 0 Å². The van der Waals surface area contributed by atoms with Gasteiger partial charge in [-0.2, -0.15) is 5.10 Å². The number of halogens is 2. The van der Waals surface area contributed by atoms with Crippen molar-refractivity contribution in [3.05, 3.63) is 52.6 Å². The van der Waals surface area contributed by atoms with Crippen molar-refractivity contribution in [1.29, 1.82) is 0 Å². The van der Waals surface area contributed by atoms with Gasteiger partial charge in [-0.25, -0.2) is 4.39 Å². The van der Waals surface area contributed by atoms with Gasteiger partial charge in [0.1, 0.15) is 5.82 Å². The van der Waals surface area contributed by atoms with Crippen LogP contribution in [0, 0.1) is 29.0 Å². The van der Waals surface area contributed by atoms with Crippen LogP contribution in [0.4, 0.5) is 4.39 Å². The van der Waals surface area contributed by atoms with E-state index in [1.165, 1.54) is 44.6 Å². The van der Waals surface area contributed by atoms with E-state index in [2.05, 4.69) is 26.1 Å². The topological polar surface area (TPSA) is 50.2 Å². The molecule has 7 heteroatoms. The molecule has 5 aliphatic rings. The molecule has 4 aliphatic carbocycles. The van der Waals surface area contributed by atoms with Crippen LogP contribution in [0.1, 0.15) is 88.9 Å². The SMILES string of the molecule is CN(CC12CC3CC(CC(C3)C1)C2)C(=O)[C@@H]1C[C@H](c2ccn(C(C)(C)C)n2)[C@H](c2ccc(Cl)c(F)c2)N1. The molecule has 5 nitrogen and oxygen atoms in total. The molecule has 1 amide bonds. The molecule has 2 aromatic rings. The number of hydrogen-bond acceptors (Lipinski definition) is 3. The molecule has 0 spiro atoms. The van der Waals surface area contributed by atoms with Crippen LogP contribution in [-0.2, 0) is 10.3 Å². The normalized spacial score (nSPS) is 34.8. The fourth-order valence-corrected chi connectivity index (χ4v) is 8.65. The molecule has 4 bridgehead atoms. The quantitative estimate of drug-likeness (QED) is 0.498. The van der Waals surface area contributed by atoms with Gasteiger partial charge >= 0.3 is 0 Å². The average Bonchev–Trinajstić information content (AvgIpc) is 3.46. The van der Waals surface area contributed by atoms with E-state index in [1.807, 2.05) is 35.0 Å². The monoisotopic (exact) mass is 526 g/mol. The van der Waals surface area contributed by atoms with Crippen LogP contribution < -0.4 is 5.32 Å². The Balaban J connectivity index is 1.23. The summed E-state index contributed by atoms with van der Waals surface area (Å²) in [7, 11) is 1.99. The van der Waals surface area contributed by atoms with Crippen LogP contribution in [0.25, 0.3) is 0 Å². The van der Waals surface area contributed by atoms with Crippen LogP contribution in [0.3, 0.4) is 0 Å². The van der Waals surface area contributed by atoms with E-state index < -0.39 is 5.82 Å². The Morgan fingerprint density at radius 1 is 1.14 bits per heavy atom. The van der Waals surface area contributed by atoms with E-state index in [0.717, 1.165) is 35.6 Å². The zero-order chi connectivity index (χ0) is 26.1. The van der Waals surface area contributed by atoms with Gasteiger partial charge in [-0.1, -0.05) is 17.7 Å². The molecule has 1 aromatic heterocycles. The van der Waals surface area contributed by atoms with E-state index in [4.69, 9.17) is 16.7 Å². The Bertz CT molecular complexity index is 1150. The summed E-state index contributed by atoms with van der Waals surface area (Å²) in [5, 5.41) is 8.60. The van der Waals surface area contributed by atoms with Gasteiger partial charge in [0.15, 0.2) is 0 Å². The van der Waals surface area contributed by atoms with Gasteiger partial charge in [-0.05, 0) is 113 Å². The smallest absolute Gasteiger partial charge is 0.239 e. The summed E-state index contributed by atoms with van der Waals surface area (Å²) in [4.78, 5) is 15.9. The fraction of sp³-hybridized carbons (Fsp3) is 0.667. The lowest BCUT2D eigenvalue weighted by molar-refractivity contribution is -0.137. The van der Waals surface area contributed by atoms with Crippen molar-refractivity contribution < 1.29 is 9.18 Å². The maximum atomic E-state index is 14.5. The lowest BCUT2D eigenvalue weighted by Crippen LogP contribution is -2.53. The second kappa shape index (κ2) is 9.08. The highest BCUT2D eigenvalue weighted by atomic mass is 35.5. The Labute approximate surface area is 225 Å². The van der Waals surface area contributed by atoms with Crippen LogP contribution in [0.5, 0.6) is 0 Å². The molecule has 2 heterocycles. The van der Waals surface area contributed by atoms with Gasteiger partial charge in [0.25, 0.3) is 0 Å². The van der Waals surface area contributed by atoms with Crippen molar-refractivity contribution >= 4 is 17.5 Å². The third kappa shape index (κ3) is 4.73. The van der Waals surface area contributed by atoms with Crippen LogP contribution in [0.15, 0.2) is 30.5 Å². The molecule has 1 N–H and O–H groups in total. The Morgan fingerprint density at radius 2 is 1.78 bits per heavy atom. The van der Waals surface area contributed by atoms with Gasteiger partial charge in [-0.15, -0.1) is 0 Å². The number of benzene rings is 1. The lowest BCUT2D eigenvalue weighted by Gasteiger charge is -2.57. The number of aromatic nitrogens is 2. The first-order chi connectivity index (χ1) is 17.5. The number of carbonyl (C=O) groups is 1. The van der Waals surface area contributed by atoms with Crippen molar-refractivity contribution in [2.45, 2.75) is 89.3 Å². The summed E-state index contributed by atoms with van der Waals surface area (Å²) < 4.78 is 16.4. The minimum absolute atomic E-state index is 0.0360. The summed E-state index contributed by atoms with van der Waals surface area (Å²) in [6, 6.07) is 6.47. The lowest BCUT2D eigenvalue weighted by atomic mass is 9.49. The fourth-order valence-electron chi connectivity index (χ4n) is 8.53. The Hall–Kier alpha value is -1.92. The molecule has 1 saturated heterocycles. The molecule has 4 saturated carbocycles. The molecule has 1 aliphatic heterocycles. The highest BCUT2D eigenvalue weighted by molar-refractivity contribution is 6.30. The third-order valence-corrected chi connectivity index (χ3v) is 9.97. The molecule has 1 aromatic carbocycles. The summed E-state index contributed by atoms with van der Waals surface area (Å²) in [6.07, 6.45) is 10.7. The number of hydrogen-bond donors (Lipinski definition) is 1. The number of nitrogens with zero attached hydrogens (tertiary/aromatic N) is 3. The van der Waals surface area contributed by atoms with Crippen LogP contribution >= 0.6 is 11.6 Å². The highest BCUT2D eigenvalue weighted by Crippen LogP contribution is 2.60. The largest absolute Gasteiger partial charge is 0.344 e. The minimum Gasteiger partial charge on any atom is -0.344 e. The Kier molecular flexibility index (Phi) is 6.23. The predicted octanol–water partition coefficient (Wildman–Crippen LogP) is 6.29. The Morgan fingerprint density at radius 3 is 2.35 bits per heavy atom. The zero-order valence-electron chi connectivity index (χ0n) is 22.5.